The van der Waals surface area contributed by atoms with Crippen LogP contribution in [0, 0.1) is 5.92 Å². The molecular formula is C22H37N3. The average Bonchev–Trinajstić information content (AvgIpc) is 3.03. The Bertz CT molecular complexity index is 542. The van der Waals surface area contributed by atoms with E-state index >= 15 is 0 Å². The van der Waals surface area contributed by atoms with Gasteiger partial charge < -0.3 is 0 Å². The second-order valence-corrected chi connectivity index (χ2v) is 7.52. The third-order valence-corrected chi connectivity index (χ3v) is 5.18. The first-order chi connectivity index (χ1) is 12.3. The molecule has 1 unspecified atom stereocenters. The molecule has 1 aromatic heterocycles. The maximum Gasteiger partial charge on any atom is 0.113 e. The molecule has 25 heavy (non-hydrogen) atoms. The van der Waals surface area contributed by atoms with Crippen LogP contribution in [0.3, 0.4) is 0 Å². The molecule has 0 saturated carbocycles. The molecule has 0 aliphatic carbocycles. The van der Waals surface area contributed by atoms with Crippen molar-refractivity contribution in [1.82, 2.24) is 15.0 Å². The topological polar surface area (TPSA) is 30.7 Å². The molecular weight excluding hydrogens is 306 g/mol. The minimum atomic E-state index is 0.727. The molecule has 0 fully saturated rings. The van der Waals surface area contributed by atoms with Gasteiger partial charge in [-0.2, -0.15) is 15.0 Å². The van der Waals surface area contributed by atoms with Gasteiger partial charge in [-0.15, -0.1) is 0 Å². The van der Waals surface area contributed by atoms with E-state index in [1.165, 1.54) is 77.0 Å². The molecule has 1 heterocycles. The van der Waals surface area contributed by atoms with Crippen LogP contribution in [0.1, 0.15) is 90.9 Å². The molecule has 0 amide bonds. The number of unbranched alkanes of at least 4 members (excludes halogenated alkanes) is 8. The van der Waals surface area contributed by atoms with Crippen molar-refractivity contribution in [3.8, 4) is 0 Å². The predicted octanol–water partition coefficient (Wildman–Crippen LogP) is 6.77. The molecule has 3 heteroatoms. The molecule has 0 radical (unpaired) electrons. The first kappa shape index (κ1) is 19.9. The zero-order valence-corrected chi connectivity index (χ0v) is 16.4. The van der Waals surface area contributed by atoms with Crippen LogP contribution < -0.4 is 0 Å². The van der Waals surface area contributed by atoms with Crippen molar-refractivity contribution in [3.05, 3.63) is 24.3 Å². The van der Waals surface area contributed by atoms with Crippen LogP contribution in [0.5, 0.6) is 0 Å². The van der Waals surface area contributed by atoms with E-state index in [0.717, 1.165) is 23.5 Å². The molecule has 1 aromatic carbocycles. The van der Waals surface area contributed by atoms with Gasteiger partial charge in [-0.05, 0) is 30.9 Å². The van der Waals surface area contributed by atoms with Crippen molar-refractivity contribution < 1.29 is 0 Å². The van der Waals surface area contributed by atoms with Gasteiger partial charge in [-0.1, -0.05) is 90.2 Å². The average molecular weight is 344 g/mol. The molecule has 140 valence electrons. The number of aromatic nitrogens is 3. The van der Waals surface area contributed by atoms with Crippen LogP contribution in [-0.4, -0.2) is 15.0 Å². The molecule has 0 aliphatic rings. The van der Waals surface area contributed by atoms with E-state index in [1.807, 2.05) is 16.9 Å². The van der Waals surface area contributed by atoms with Gasteiger partial charge in [-0.25, -0.2) is 0 Å². The van der Waals surface area contributed by atoms with Gasteiger partial charge >= 0.3 is 0 Å². The third kappa shape index (κ3) is 7.58. The van der Waals surface area contributed by atoms with E-state index in [1.54, 1.807) is 0 Å². The van der Waals surface area contributed by atoms with Gasteiger partial charge in [0.15, 0.2) is 0 Å². The lowest BCUT2D eigenvalue weighted by Crippen LogP contribution is -2.13. The Labute approximate surface area is 154 Å². The Morgan fingerprint density at radius 3 is 1.76 bits per heavy atom. The van der Waals surface area contributed by atoms with E-state index < -0.39 is 0 Å². The molecule has 0 spiro atoms. The van der Waals surface area contributed by atoms with Crippen LogP contribution in [-0.2, 0) is 6.54 Å². The van der Waals surface area contributed by atoms with E-state index in [4.69, 9.17) is 0 Å². The summed E-state index contributed by atoms with van der Waals surface area (Å²) >= 11 is 0. The smallest absolute Gasteiger partial charge is 0.113 e. The van der Waals surface area contributed by atoms with Crippen molar-refractivity contribution in [3.63, 3.8) is 0 Å². The fourth-order valence-electron chi connectivity index (χ4n) is 3.62. The molecule has 0 N–H and O–H groups in total. The predicted molar refractivity (Wildman–Crippen MR) is 108 cm³/mol. The number of fused-ring (bicyclic) bond motifs is 1. The summed E-state index contributed by atoms with van der Waals surface area (Å²) in [4.78, 5) is 1.95. The summed E-state index contributed by atoms with van der Waals surface area (Å²) in [6.07, 6.45) is 16.4. The lowest BCUT2D eigenvalue weighted by molar-refractivity contribution is 0.327. The van der Waals surface area contributed by atoms with Gasteiger partial charge in [-0.3, -0.25) is 0 Å². The van der Waals surface area contributed by atoms with E-state index in [-0.39, 0.29) is 0 Å². The summed E-state index contributed by atoms with van der Waals surface area (Å²) in [5.41, 5.74) is 2.04. The van der Waals surface area contributed by atoms with Crippen LogP contribution in [0.4, 0.5) is 0 Å². The van der Waals surface area contributed by atoms with Gasteiger partial charge in [0.1, 0.15) is 11.0 Å². The monoisotopic (exact) mass is 343 g/mol. The Hall–Kier alpha value is -1.38. The number of rotatable bonds is 14. The number of hydrogen-bond donors (Lipinski definition) is 0. The van der Waals surface area contributed by atoms with Crippen molar-refractivity contribution in [2.75, 3.05) is 0 Å². The second kappa shape index (κ2) is 12.1. The zero-order chi connectivity index (χ0) is 17.7. The summed E-state index contributed by atoms with van der Waals surface area (Å²) < 4.78 is 0. The fraction of sp³-hybridized carbons (Fsp3) is 0.727. The van der Waals surface area contributed by atoms with E-state index in [9.17, 15) is 0 Å². The number of hydrogen-bond acceptors (Lipinski definition) is 2. The Kier molecular flexibility index (Phi) is 9.61. The van der Waals surface area contributed by atoms with Crippen molar-refractivity contribution in [1.29, 1.82) is 0 Å². The quantitative estimate of drug-likeness (QED) is 0.354. The Balaban J connectivity index is 1.81. The highest BCUT2D eigenvalue weighted by Crippen LogP contribution is 2.21. The summed E-state index contributed by atoms with van der Waals surface area (Å²) in [6, 6.07) is 8.20. The summed E-state index contributed by atoms with van der Waals surface area (Å²) in [5, 5.41) is 9.34. The standard InChI is InChI=1S/C22H37N3/c1-3-5-7-9-10-12-16-20(15-11-8-6-4-2)19-25-23-21-17-13-14-18-22(21)24-25/h13-14,17-18,20H,3-12,15-16,19H2,1-2H3. The molecule has 0 bridgehead atoms. The highest BCUT2D eigenvalue weighted by atomic mass is 15.5. The molecule has 0 saturated heterocycles. The molecule has 2 aromatic rings. The van der Waals surface area contributed by atoms with Crippen molar-refractivity contribution >= 4 is 11.0 Å². The van der Waals surface area contributed by atoms with Gasteiger partial charge in [0, 0.05) is 0 Å². The Morgan fingerprint density at radius 2 is 1.20 bits per heavy atom. The first-order valence-electron chi connectivity index (χ1n) is 10.6. The largest absolute Gasteiger partial charge is 0.183 e. The summed E-state index contributed by atoms with van der Waals surface area (Å²) in [6.45, 7) is 5.55. The first-order valence-corrected chi connectivity index (χ1v) is 10.6. The lowest BCUT2D eigenvalue weighted by atomic mass is 9.94. The normalized spacial score (nSPS) is 12.7. The minimum absolute atomic E-state index is 0.727. The van der Waals surface area contributed by atoms with Crippen molar-refractivity contribution in [2.45, 2.75) is 97.4 Å². The van der Waals surface area contributed by atoms with Crippen LogP contribution in [0.25, 0.3) is 11.0 Å². The fourth-order valence-corrected chi connectivity index (χ4v) is 3.62. The van der Waals surface area contributed by atoms with Crippen LogP contribution in [0.2, 0.25) is 0 Å². The van der Waals surface area contributed by atoms with Crippen molar-refractivity contribution in [2.24, 2.45) is 5.92 Å². The van der Waals surface area contributed by atoms with E-state index in [0.29, 0.717) is 0 Å². The lowest BCUT2D eigenvalue weighted by Gasteiger charge is -2.16. The minimum Gasteiger partial charge on any atom is -0.183 e. The third-order valence-electron chi connectivity index (χ3n) is 5.18. The second-order valence-electron chi connectivity index (χ2n) is 7.52. The maximum absolute atomic E-state index is 4.67. The maximum atomic E-state index is 4.67. The van der Waals surface area contributed by atoms with Gasteiger partial charge in [0.05, 0.1) is 6.54 Å². The summed E-state index contributed by atoms with van der Waals surface area (Å²) in [7, 11) is 0. The zero-order valence-electron chi connectivity index (χ0n) is 16.4. The van der Waals surface area contributed by atoms with Gasteiger partial charge in [0.2, 0.25) is 0 Å². The molecule has 2 rings (SSSR count). The molecule has 1 atom stereocenters. The Morgan fingerprint density at radius 1 is 0.720 bits per heavy atom. The molecule has 3 nitrogen and oxygen atoms in total. The number of nitrogens with zero attached hydrogens (tertiary/aromatic N) is 3. The highest BCUT2D eigenvalue weighted by Gasteiger charge is 2.12. The highest BCUT2D eigenvalue weighted by molar-refractivity contribution is 5.72. The number of benzene rings is 1. The van der Waals surface area contributed by atoms with Gasteiger partial charge in [0.25, 0.3) is 0 Å². The molecule has 0 aliphatic heterocycles. The van der Waals surface area contributed by atoms with Crippen LogP contribution >= 0.6 is 0 Å². The SMILES string of the molecule is CCCCCCCCC(CCCCCC)Cn1nc2ccccc2n1. The van der Waals surface area contributed by atoms with E-state index in [2.05, 4.69) is 36.2 Å². The summed E-state index contributed by atoms with van der Waals surface area (Å²) in [5.74, 6) is 0.727. The van der Waals surface area contributed by atoms with Crippen LogP contribution in [0.15, 0.2) is 24.3 Å².